The van der Waals surface area contributed by atoms with Crippen molar-refractivity contribution in [1.29, 1.82) is 0 Å². The Labute approximate surface area is 143 Å². The van der Waals surface area contributed by atoms with Crippen molar-refractivity contribution in [2.24, 2.45) is 0 Å². The van der Waals surface area contributed by atoms with E-state index in [0.29, 0.717) is 5.75 Å². The average Bonchev–Trinajstić information content (AvgIpc) is 2.72. The van der Waals surface area contributed by atoms with Crippen LogP contribution in [0.3, 0.4) is 0 Å². The number of methoxy groups -OCH3 is 2. The zero-order valence-corrected chi connectivity index (χ0v) is 15.1. The van der Waals surface area contributed by atoms with E-state index >= 15 is 0 Å². The monoisotopic (exact) mass is 336 g/mol. The summed E-state index contributed by atoms with van der Waals surface area (Å²) in [5.41, 5.74) is -0.307. The molecule has 1 heterocycles. The second-order valence-corrected chi connectivity index (χ2v) is 6.94. The number of rotatable bonds is 5. The van der Waals surface area contributed by atoms with Gasteiger partial charge < -0.3 is 23.9 Å². The lowest BCUT2D eigenvalue weighted by Gasteiger charge is -2.32. The molecule has 2 rings (SSSR count). The number of esters is 1. The Bertz CT molecular complexity index is 597. The molecule has 0 aromatic heterocycles. The lowest BCUT2D eigenvalue weighted by Crippen LogP contribution is -2.41. The van der Waals surface area contributed by atoms with Crippen LogP contribution in [0, 0.1) is 0 Å². The summed E-state index contributed by atoms with van der Waals surface area (Å²) in [7, 11) is 2.20. The summed E-state index contributed by atoms with van der Waals surface area (Å²) in [6.45, 7) is 7.81. The molecule has 1 unspecified atom stereocenters. The van der Waals surface area contributed by atoms with Crippen molar-refractivity contribution >= 4 is 13.1 Å². The minimum absolute atomic E-state index is 0.00128. The van der Waals surface area contributed by atoms with Gasteiger partial charge in [0.2, 0.25) is 0 Å². The molecule has 1 atom stereocenters. The first-order valence-electron chi connectivity index (χ1n) is 7.90. The third kappa shape index (κ3) is 3.52. The highest BCUT2D eigenvalue weighted by atomic mass is 16.7. The van der Waals surface area contributed by atoms with E-state index in [2.05, 4.69) is 0 Å². The summed E-state index contributed by atoms with van der Waals surface area (Å²) >= 11 is 0. The van der Waals surface area contributed by atoms with Crippen LogP contribution in [0.4, 0.5) is 0 Å². The van der Waals surface area contributed by atoms with Crippen LogP contribution in [0.15, 0.2) is 18.2 Å². The van der Waals surface area contributed by atoms with Gasteiger partial charge in [-0.15, -0.1) is 0 Å². The molecule has 1 aliphatic rings. The highest BCUT2D eigenvalue weighted by Gasteiger charge is 2.54. The Morgan fingerprint density at radius 1 is 1.21 bits per heavy atom. The quantitative estimate of drug-likeness (QED) is 0.658. The standard InChI is InChI=1S/C17H25BO6/c1-16(2)17(3,4)24-18(23-16)12(10-15(20)22-6)11-7-8-14(21-5)13(19)9-11/h7-9,12,19H,10H2,1-6H3. The molecule has 0 saturated carbocycles. The number of carbonyl (C=O) groups excluding carboxylic acids is 1. The maximum Gasteiger partial charge on any atom is 0.466 e. The molecule has 7 heteroatoms. The number of carbonyl (C=O) groups is 1. The molecule has 1 N–H and O–H groups in total. The second-order valence-electron chi connectivity index (χ2n) is 6.94. The minimum Gasteiger partial charge on any atom is -0.504 e. The summed E-state index contributed by atoms with van der Waals surface area (Å²) in [6.07, 6.45) is 0.0824. The number of hydrogen-bond acceptors (Lipinski definition) is 6. The van der Waals surface area contributed by atoms with Gasteiger partial charge in [-0.05, 0) is 45.4 Å². The van der Waals surface area contributed by atoms with Crippen LogP contribution < -0.4 is 4.74 Å². The predicted octanol–water partition coefficient (Wildman–Crippen LogP) is 2.68. The molecule has 0 radical (unpaired) electrons. The summed E-state index contributed by atoms with van der Waals surface area (Å²) in [4.78, 5) is 11.9. The van der Waals surface area contributed by atoms with Crippen molar-refractivity contribution in [2.45, 2.75) is 51.1 Å². The van der Waals surface area contributed by atoms with Crippen molar-refractivity contribution in [2.75, 3.05) is 14.2 Å². The Morgan fingerprint density at radius 2 is 1.79 bits per heavy atom. The molecule has 24 heavy (non-hydrogen) atoms. The van der Waals surface area contributed by atoms with Gasteiger partial charge in [-0.3, -0.25) is 4.79 Å². The van der Waals surface area contributed by atoms with Gasteiger partial charge in [0, 0.05) is 5.82 Å². The Hall–Kier alpha value is -1.73. The Kier molecular flexibility index (Phi) is 5.15. The lowest BCUT2D eigenvalue weighted by atomic mass is 9.66. The van der Waals surface area contributed by atoms with Gasteiger partial charge in [0.15, 0.2) is 11.5 Å². The molecule has 0 aliphatic carbocycles. The first kappa shape index (κ1) is 18.6. The number of hydrogen-bond donors (Lipinski definition) is 1. The molecule has 1 aliphatic heterocycles. The molecule has 1 aromatic rings. The highest BCUT2D eigenvalue weighted by Crippen LogP contribution is 2.42. The van der Waals surface area contributed by atoms with Gasteiger partial charge in [0.1, 0.15) is 0 Å². The Balaban J connectivity index is 2.36. The number of aromatic hydroxyl groups is 1. The van der Waals surface area contributed by atoms with E-state index in [0.717, 1.165) is 5.56 Å². The van der Waals surface area contributed by atoms with Crippen molar-refractivity contribution < 1.29 is 28.7 Å². The molecular weight excluding hydrogens is 311 g/mol. The molecule has 1 fully saturated rings. The first-order chi connectivity index (χ1) is 11.1. The largest absolute Gasteiger partial charge is 0.504 e. The summed E-state index contributed by atoms with van der Waals surface area (Å²) in [5.74, 6) is -0.411. The molecule has 1 saturated heterocycles. The van der Waals surface area contributed by atoms with Crippen molar-refractivity contribution in [1.82, 2.24) is 0 Å². The molecule has 132 valence electrons. The van der Waals surface area contributed by atoms with Crippen molar-refractivity contribution in [3.8, 4) is 11.5 Å². The fourth-order valence-corrected chi connectivity index (χ4v) is 2.62. The van der Waals surface area contributed by atoms with Crippen LogP contribution in [0.2, 0.25) is 0 Å². The Morgan fingerprint density at radius 3 is 2.25 bits per heavy atom. The summed E-state index contributed by atoms with van der Waals surface area (Å²) in [5, 5.41) is 10.1. The van der Waals surface area contributed by atoms with Gasteiger partial charge in [0.25, 0.3) is 0 Å². The second kappa shape index (κ2) is 6.65. The maximum absolute atomic E-state index is 11.9. The number of phenolic OH excluding ortho intramolecular Hbond substituents is 1. The third-order valence-electron chi connectivity index (χ3n) is 4.85. The fourth-order valence-electron chi connectivity index (χ4n) is 2.62. The van der Waals surface area contributed by atoms with E-state index in [9.17, 15) is 9.90 Å². The third-order valence-corrected chi connectivity index (χ3v) is 4.85. The van der Waals surface area contributed by atoms with E-state index in [4.69, 9.17) is 18.8 Å². The van der Waals surface area contributed by atoms with Crippen LogP contribution in [0.25, 0.3) is 0 Å². The lowest BCUT2D eigenvalue weighted by molar-refractivity contribution is -0.140. The maximum atomic E-state index is 11.9. The van der Waals surface area contributed by atoms with Crippen molar-refractivity contribution in [3.63, 3.8) is 0 Å². The van der Waals surface area contributed by atoms with E-state index in [1.807, 2.05) is 27.7 Å². The molecule has 0 spiro atoms. The fraction of sp³-hybridized carbons (Fsp3) is 0.588. The molecule has 1 aromatic carbocycles. The zero-order chi connectivity index (χ0) is 18.1. The van der Waals surface area contributed by atoms with Crippen LogP contribution >= 0.6 is 0 Å². The van der Waals surface area contributed by atoms with Crippen LogP contribution in [0.5, 0.6) is 11.5 Å². The van der Waals surface area contributed by atoms with Gasteiger partial charge in [-0.1, -0.05) is 6.07 Å². The van der Waals surface area contributed by atoms with E-state index in [-0.39, 0.29) is 18.1 Å². The molecular formula is C17H25BO6. The molecule has 0 amide bonds. The van der Waals surface area contributed by atoms with E-state index in [1.165, 1.54) is 14.2 Å². The van der Waals surface area contributed by atoms with Gasteiger partial charge in [-0.25, -0.2) is 0 Å². The minimum atomic E-state index is -0.623. The number of ether oxygens (including phenoxy) is 2. The van der Waals surface area contributed by atoms with E-state index < -0.39 is 24.1 Å². The smallest absolute Gasteiger partial charge is 0.466 e. The predicted molar refractivity (Wildman–Crippen MR) is 90.1 cm³/mol. The summed E-state index contributed by atoms with van der Waals surface area (Å²) in [6, 6.07) is 5.01. The molecule has 0 bridgehead atoms. The normalized spacial score (nSPS) is 19.8. The number of phenols is 1. The van der Waals surface area contributed by atoms with Gasteiger partial charge >= 0.3 is 13.1 Å². The topological polar surface area (TPSA) is 74.2 Å². The summed E-state index contributed by atoms with van der Waals surface area (Å²) < 4.78 is 22.0. The molecule has 6 nitrogen and oxygen atoms in total. The first-order valence-corrected chi connectivity index (χ1v) is 7.90. The number of benzene rings is 1. The van der Waals surface area contributed by atoms with Crippen LogP contribution in [0.1, 0.15) is 45.5 Å². The van der Waals surface area contributed by atoms with E-state index in [1.54, 1.807) is 18.2 Å². The van der Waals surface area contributed by atoms with Crippen molar-refractivity contribution in [3.05, 3.63) is 23.8 Å². The van der Waals surface area contributed by atoms with Crippen LogP contribution in [-0.2, 0) is 18.8 Å². The van der Waals surface area contributed by atoms with Crippen LogP contribution in [-0.4, -0.2) is 43.6 Å². The average molecular weight is 336 g/mol. The highest BCUT2D eigenvalue weighted by molar-refractivity contribution is 6.48. The van der Waals surface area contributed by atoms with Gasteiger partial charge in [-0.2, -0.15) is 0 Å². The zero-order valence-electron chi connectivity index (χ0n) is 15.1. The van der Waals surface area contributed by atoms with Gasteiger partial charge in [0.05, 0.1) is 31.8 Å². The SMILES string of the molecule is COC(=O)CC(B1OC(C)(C)C(C)(C)O1)c1ccc(OC)c(O)c1.